The zero-order chi connectivity index (χ0) is 12.7. The lowest BCUT2D eigenvalue weighted by Crippen LogP contribution is -2.14. The summed E-state index contributed by atoms with van der Waals surface area (Å²) in [5.41, 5.74) is 10.3. The van der Waals surface area contributed by atoms with Gasteiger partial charge in [-0.05, 0) is 17.9 Å². The van der Waals surface area contributed by atoms with Crippen molar-refractivity contribution in [2.45, 2.75) is 6.42 Å². The van der Waals surface area contributed by atoms with Crippen LogP contribution in [0.15, 0.2) is 8.47 Å². The van der Waals surface area contributed by atoms with Gasteiger partial charge in [-0.3, -0.25) is 9.59 Å². The van der Waals surface area contributed by atoms with Gasteiger partial charge in [-0.2, -0.15) is 0 Å². The maximum absolute atomic E-state index is 10.8. The highest BCUT2D eigenvalue weighted by atomic mass is 32.2. The molecule has 17 heavy (non-hydrogen) atoms. The van der Waals surface area contributed by atoms with Crippen molar-refractivity contribution in [3.63, 3.8) is 0 Å². The smallest absolute Gasteiger partial charge is 0.227 e. The molecular formula is C9H14N2O2S4. The molecule has 1 aliphatic heterocycles. The van der Waals surface area contributed by atoms with Crippen LogP contribution >= 0.6 is 47.0 Å². The molecule has 96 valence electrons. The SMILES string of the molecule is NC(=O)CSC1=C(SCC(N)=O)SCCCS1. The third kappa shape index (κ3) is 6.54. The van der Waals surface area contributed by atoms with Crippen molar-refractivity contribution in [1.29, 1.82) is 0 Å². The monoisotopic (exact) mass is 310 g/mol. The lowest BCUT2D eigenvalue weighted by atomic mass is 10.6. The number of amides is 2. The summed E-state index contributed by atoms with van der Waals surface area (Å²) >= 11 is 6.36. The van der Waals surface area contributed by atoms with Crippen molar-refractivity contribution in [2.75, 3.05) is 23.0 Å². The molecule has 0 fully saturated rings. The molecule has 0 radical (unpaired) electrons. The normalized spacial score (nSPS) is 16.7. The fraction of sp³-hybridized carbons (Fsp3) is 0.556. The van der Waals surface area contributed by atoms with E-state index in [4.69, 9.17) is 11.5 Å². The maximum Gasteiger partial charge on any atom is 0.227 e. The number of nitrogens with two attached hydrogens (primary N) is 2. The summed E-state index contributed by atoms with van der Waals surface area (Å²) in [5, 5.41) is 0. The number of hydrogen-bond acceptors (Lipinski definition) is 6. The van der Waals surface area contributed by atoms with Crippen LogP contribution in [0.4, 0.5) is 0 Å². The summed E-state index contributed by atoms with van der Waals surface area (Å²) in [7, 11) is 0. The molecule has 8 heteroatoms. The molecule has 4 N–H and O–H groups in total. The van der Waals surface area contributed by atoms with Gasteiger partial charge >= 0.3 is 0 Å². The van der Waals surface area contributed by atoms with E-state index in [9.17, 15) is 9.59 Å². The van der Waals surface area contributed by atoms with E-state index >= 15 is 0 Å². The third-order valence-electron chi connectivity index (χ3n) is 1.61. The third-order valence-corrected chi connectivity index (χ3v) is 7.25. The summed E-state index contributed by atoms with van der Waals surface area (Å²) in [6.07, 6.45) is 1.12. The van der Waals surface area contributed by atoms with Gasteiger partial charge in [0.1, 0.15) is 0 Å². The van der Waals surface area contributed by atoms with Gasteiger partial charge in [0.2, 0.25) is 11.8 Å². The van der Waals surface area contributed by atoms with E-state index in [0.29, 0.717) is 0 Å². The van der Waals surface area contributed by atoms with Crippen LogP contribution in [0.25, 0.3) is 0 Å². The zero-order valence-corrected chi connectivity index (χ0v) is 12.4. The number of carbonyl (C=O) groups is 2. The first-order chi connectivity index (χ1) is 8.09. The van der Waals surface area contributed by atoms with Gasteiger partial charge in [-0.25, -0.2) is 0 Å². The van der Waals surface area contributed by atoms with E-state index in [1.54, 1.807) is 23.5 Å². The molecule has 0 aromatic rings. The lowest BCUT2D eigenvalue weighted by molar-refractivity contribution is -0.116. The number of primary amides is 2. The molecule has 0 spiro atoms. The first kappa shape index (κ1) is 15.1. The Labute approximate surface area is 117 Å². The van der Waals surface area contributed by atoms with Crippen LogP contribution in [0.3, 0.4) is 0 Å². The van der Waals surface area contributed by atoms with Crippen molar-refractivity contribution in [2.24, 2.45) is 11.5 Å². The highest BCUT2D eigenvalue weighted by Gasteiger charge is 2.15. The predicted molar refractivity (Wildman–Crippen MR) is 79.9 cm³/mol. The van der Waals surface area contributed by atoms with Crippen molar-refractivity contribution in [3.8, 4) is 0 Å². The molecular weight excluding hydrogens is 296 g/mol. The molecule has 0 aromatic carbocycles. The van der Waals surface area contributed by atoms with Crippen LogP contribution in [-0.2, 0) is 9.59 Å². The second-order valence-electron chi connectivity index (χ2n) is 3.14. The van der Waals surface area contributed by atoms with Crippen molar-refractivity contribution >= 4 is 58.9 Å². The highest BCUT2D eigenvalue weighted by molar-refractivity contribution is 8.28. The fourth-order valence-electron chi connectivity index (χ4n) is 0.981. The average Bonchev–Trinajstić information content (AvgIpc) is 2.48. The van der Waals surface area contributed by atoms with Crippen LogP contribution in [-0.4, -0.2) is 34.8 Å². The fourth-order valence-corrected chi connectivity index (χ4v) is 6.06. The summed E-state index contributed by atoms with van der Waals surface area (Å²) in [6, 6.07) is 0. The number of thioether (sulfide) groups is 4. The minimum absolute atomic E-state index is 0.281. The molecule has 0 bridgehead atoms. The Morgan fingerprint density at radius 3 is 1.76 bits per heavy atom. The Hall–Kier alpha value is 0.0800. The Bertz CT molecular complexity index is 303. The Kier molecular flexibility index (Phi) is 7.33. The number of hydrogen-bond donors (Lipinski definition) is 2. The molecule has 1 aliphatic rings. The van der Waals surface area contributed by atoms with Gasteiger partial charge in [0.05, 0.1) is 20.0 Å². The quantitative estimate of drug-likeness (QED) is 0.771. The second-order valence-corrected chi connectivity index (χ2v) is 7.83. The molecule has 0 aliphatic carbocycles. The van der Waals surface area contributed by atoms with E-state index in [0.717, 1.165) is 26.4 Å². The molecule has 0 unspecified atom stereocenters. The molecule has 0 atom stereocenters. The van der Waals surface area contributed by atoms with E-state index in [2.05, 4.69) is 0 Å². The topological polar surface area (TPSA) is 86.2 Å². The first-order valence-electron chi connectivity index (χ1n) is 4.91. The van der Waals surface area contributed by atoms with Gasteiger partial charge < -0.3 is 11.5 Å². The van der Waals surface area contributed by atoms with Crippen molar-refractivity contribution in [1.82, 2.24) is 0 Å². The maximum atomic E-state index is 10.8. The van der Waals surface area contributed by atoms with Gasteiger partial charge in [-0.1, -0.05) is 0 Å². The largest absolute Gasteiger partial charge is 0.369 e. The Balaban J connectivity index is 2.63. The van der Waals surface area contributed by atoms with Crippen molar-refractivity contribution in [3.05, 3.63) is 8.47 Å². The van der Waals surface area contributed by atoms with Gasteiger partial charge in [0.15, 0.2) is 0 Å². The van der Waals surface area contributed by atoms with Crippen LogP contribution in [0, 0.1) is 0 Å². The van der Waals surface area contributed by atoms with E-state index < -0.39 is 0 Å². The average molecular weight is 310 g/mol. The summed E-state index contributed by atoms with van der Waals surface area (Å²) in [5.74, 6) is 1.99. The van der Waals surface area contributed by atoms with Crippen LogP contribution < -0.4 is 11.5 Å². The number of rotatable bonds is 6. The van der Waals surface area contributed by atoms with Gasteiger partial charge in [0.25, 0.3) is 0 Å². The molecule has 0 saturated heterocycles. The van der Waals surface area contributed by atoms with Gasteiger partial charge in [-0.15, -0.1) is 47.0 Å². The Morgan fingerprint density at radius 1 is 1.00 bits per heavy atom. The van der Waals surface area contributed by atoms with E-state index in [-0.39, 0.29) is 23.3 Å². The standard InChI is InChI=1S/C9H14N2O2S4/c10-6(12)4-16-8-9(17-5-7(11)13)15-3-1-2-14-8/h1-5H2,(H2,10,12)(H2,11,13). The Morgan fingerprint density at radius 2 is 1.41 bits per heavy atom. The van der Waals surface area contributed by atoms with E-state index in [1.165, 1.54) is 23.5 Å². The summed E-state index contributed by atoms with van der Waals surface area (Å²) < 4.78 is 2.19. The first-order valence-corrected chi connectivity index (χ1v) is 8.86. The van der Waals surface area contributed by atoms with Crippen LogP contribution in [0.2, 0.25) is 0 Å². The van der Waals surface area contributed by atoms with Crippen LogP contribution in [0.5, 0.6) is 0 Å². The molecule has 0 aromatic heterocycles. The minimum atomic E-state index is -0.323. The summed E-state index contributed by atoms with van der Waals surface area (Å²) in [4.78, 5) is 21.6. The molecule has 1 rings (SSSR count). The lowest BCUT2D eigenvalue weighted by Gasteiger charge is -2.09. The molecule has 0 saturated carbocycles. The second kappa shape index (κ2) is 8.23. The minimum Gasteiger partial charge on any atom is -0.369 e. The van der Waals surface area contributed by atoms with Crippen LogP contribution in [0.1, 0.15) is 6.42 Å². The molecule has 1 heterocycles. The molecule has 2 amide bonds. The van der Waals surface area contributed by atoms with Crippen molar-refractivity contribution < 1.29 is 9.59 Å². The van der Waals surface area contributed by atoms with E-state index in [1.807, 2.05) is 0 Å². The number of carbonyl (C=O) groups excluding carboxylic acids is 2. The van der Waals surface area contributed by atoms with Gasteiger partial charge in [0, 0.05) is 0 Å². The predicted octanol–water partition coefficient (Wildman–Crippen LogP) is 1.42. The zero-order valence-electron chi connectivity index (χ0n) is 9.14. The summed E-state index contributed by atoms with van der Waals surface area (Å²) in [6.45, 7) is 0. The highest BCUT2D eigenvalue weighted by Crippen LogP contribution is 2.44. The molecule has 4 nitrogen and oxygen atoms in total.